The molecule has 49 heavy (non-hydrogen) atoms. The second-order valence-corrected chi connectivity index (χ2v) is 14.4. The van der Waals surface area contributed by atoms with Crippen LogP contribution in [0.25, 0.3) is 43.6 Å². The van der Waals surface area contributed by atoms with Crippen LogP contribution in [-0.4, -0.2) is 11.7 Å². The first kappa shape index (κ1) is 30.7. The topological polar surface area (TPSA) is 28.6 Å². The summed E-state index contributed by atoms with van der Waals surface area (Å²) in [5.41, 5.74) is 10.5. The smallest absolute Gasteiger partial charge is 0.182 e. The number of anilines is 2. The molecule has 0 saturated carbocycles. The van der Waals surface area contributed by atoms with Gasteiger partial charge in [0.15, 0.2) is 5.06 Å². The molecule has 0 fully saturated rings. The number of thiophene rings is 1. The van der Waals surface area contributed by atoms with Crippen molar-refractivity contribution in [2.75, 3.05) is 16.5 Å². The second kappa shape index (κ2) is 12.8. The average molecular weight is 656 g/mol. The van der Waals surface area contributed by atoms with E-state index in [1.165, 1.54) is 38.2 Å². The van der Waals surface area contributed by atoms with Crippen molar-refractivity contribution < 1.29 is 4.74 Å². The van der Waals surface area contributed by atoms with Gasteiger partial charge in [0.1, 0.15) is 5.75 Å². The van der Waals surface area contributed by atoms with Gasteiger partial charge in [0, 0.05) is 63.2 Å². The maximum Gasteiger partial charge on any atom is 0.182 e. The summed E-state index contributed by atoms with van der Waals surface area (Å²) in [6.45, 7) is 7.38. The molecular formula is C44H37N3OS. The standard InChI is InChI=1S/C44H37N3OS/c1-44(2,3)33-23-24-45-40(27-33)38-21-12-22-41-39(38)29-42(49-41)48-35-18-10-17-34(28-35)46-25-26-47(30-46)43-36(31-13-6-4-7-14-31)19-11-20-37(43)32-15-8-5-9-16-32/h4-29H,30H2,1-3H3. The van der Waals surface area contributed by atoms with E-state index in [0.717, 1.165) is 33.1 Å². The number of nitrogens with zero attached hydrogens (tertiary/aromatic N) is 3. The van der Waals surface area contributed by atoms with E-state index < -0.39 is 0 Å². The Morgan fingerprint density at radius 3 is 2.00 bits per heavy atom. The molecule has 240 valence electrons. The second-order valence-electron chi connectivity index (χ2n) is 13.4. The van der Waals surface area contributed by atoms with Crippen LogP contribution in [0.2, 0.25) is 0 Å². The molecule has 0 aliphatic carbocycles. The van der Waals surface area contributed by atoms with Crippen molar-refractivity contribution in [1.29, 1.82) is 0 Å². The Morgan fingerprint density at radius 2 is 1.29 bits per heavy atom. The number of fused-ring (bicyclic) bond motifs is 1. The van der Waals surface area contributed by atoms with Gasteiger partial charge in [0.05, 0.1) is 18.1 Å². The van der Waals surface area contributed by atoms with Crippen LogP contribution in [0.3, 0.4) is 0 Å². The van der Waals surface area contributed by atoms with Gasteiger partial charge in [-0.2, -0.15) is 0 Å². The molecular weight excluding hydrogens is 619 g/mol. The molecule has 0 bridgehead atoms. The van der Waals surface area contributed by atoms with Crippen LogP contribution in [0.1, 0.15) is 26.3 Å². The summed E-state index contributed by atoms with van der Waals surface area (Å²) in [6, 6.07) is 49.1. The van der Waals surface area contributed by atoms with E-state index in [1.807, 2.05) is 12.3 Å². The van der Waals surface area contributed by atoms with Crippen molar-refractivity contribution in [3.8, 4) is 44.3 Å². The number of aromatic nitrogens is 1. The Balaban J connectivity index is 1.07. The van der Waals surface area contributed by atoms with Gasteiger partial charge in [-0.3, -0.25) is 4.98 Å². The minimum absolute atomic E-state index is 0.0521. The van der Waals surface area contributed by atoms with Crippen molar-refractivity contribution in [3.05, 3.63) is 164 Å². The molecule has 4 nitrogen and oxygen atoms in total. The summed E-state index contributed by atoms with van der Waals surface area (Å²) >= 11 is 1.66. The van der Waals surface area contributed by atoms with Crippen molar-refractivity contribution in [3.63, 3.8) is 0 Å². The molecule has 0 saturated heterocycles. The van der Waals surface area contributed by atoms with Crippen LogP contribution in [-0.2, 0) is 5.41 Å². The van der Waals surface area contributed by atoms with E-state index in [4.69, 9.17) is 9.72 Å². The lowest BCUT2D eigenvalue weighted by atomic mass is 9.87. The van der Waals surface area contributed by atoms with Crippen molar-refractivity contribution in [2.45, 2.75) is 26.2 Å². The van der Waals surface area contributed by atoms with Crippen LogP contribution in [0.15, 0.2) is 158 Å². The number of ether oxygens (including phenoxy) is 1. The first-order valence-corrected chi connectivity index (χ1v) is 17.5. The van der Waals surface area contributed by atoms with Crippen LogP contribution in [0.5, 0.6) is 10.8 Å². The van der Waals surface area contributed by atoms with Gasteiger partial charge in [-0.05, 0) is 52.4 Å². The number of rotatable bonds is 7. The summed E-state index contributed by atoms with van der Waals surface area (Å²) in [5, 5.41) is 2.01. The fourth-order valence-corrected chi connectivity index (χ4v) is 7.44. The monoisotopic (exact) mass is 655 g/mol. The van der Waals surface area contributed by atoms with Crippen molar-refractivity contribution in [1.82, 2.24) is 4.98 Å². The van der Waals surface area contributed by atoms with Gasteiger partial charge in [0.2, 0.25) is 0 Å². The van der Waals surface area contributed by atoms with E-state index in [-0.39, 0.29) is 5.41 Å². The predicted octanol–water partition coefficient (Wildman–Crippen LogP) is 12.1. The Morgan fingerprint density at radius 1 is 0.633 bits per heavy atom. The van der Waals surface area contributed by atoms with Gasteiger partial charge in [0.25, 0.3) is 0 Å². The fraction of sp³-hybridized carbons (Fsp3) is 0.114. The highest BCUT2D eigenvalue weighted by Crippen LogP contribution is 2.43. The summed E-state index contributed by atoms with van der Waals surface area (Å²) in [5.74, 6) is 0.806. The van der Waals surface area contributed by atoms with Gasteiger partial charge >= 0.3 is 0 Å². The lowest BCUT2D eigenvalue weighted by Crippen LogP contribution is -2.25. The van der Waals surface area contributed by atoms with E-state index >= 15 is 0 Å². The molecule has 3 heterocycles. The van der Waals surface area contributed by atoms with Crippen LogP contribution < -0.4 is 14.5 Å². The lowest BCUT2D eigenvalue weighted by molar-refractivity contribution is 0.497. The van der Waals surface area contributed by atoms with Gasteiger partial charge in [-0.25, -0.2) is 0 Å². The van der Waals surface area contributed by atoms with Crippen molar-refractivity contribution >= 4 is 32.8 Å². The zero-order valence-corrected chi connectivity index (χ0v) is 28.7. The molecule has 1 aliphatic rings. The average Bonchev–Trinajstić information content (AvgIpc) is 3.79. The number of benzene rings is 5. The first-order chi connectivity index (χ1) is 23.9. The third-order valence-corrected chi connectivity index (χ3v) is 10.0. The van der Waals surface area contributed by atoms with Gasteiger partial charge in [-0.1, -0.05) is 129 Å². The molecule has 8 rings (SSSR count). The van der Waals surface area contributed by atoms with E-state index in [9.17, 15) is 0 Å². The summed E-state index contributed by atoms with van der Waals surface area (Å²) < 4.78 is 7.71. The fourth-order valence-electron chi connectivity index (χ4n) is 6.48. The maximum atomic E-state index is 6.53. The normalized spacial score (nSPS) is 13.0. The molecule has 0 amide bonds. The SMILES string of the molecule is CC(C)(C)c1ccnc(-c2cccc3sc(Oc4cccc(N5C=CN(c6c(-c7ccccc7)cccc6-c6ccccc6)C5)c4)cc23)c1. The Labute approximate surface area is 292 Å². The van der Waals surface area contributed by atoms with E-state index in [2.05, 4.69) is 176 Å². The number of para-hydroxylation sites is 1. The summed E-state index contributed by atoms with van der Waals surface area (Å²) in [4.78, 5) is 9.35. The zero-order chi connectivity index (χ0) is 33.4. The molecule has 0 N–H and O–H groups in total. The summed E-state index contributed by atoms with van der Waals surface area (Å²) in [7, 11) is 0. The Kier molecular flexibility index (Phi) is 7.98. The zero-order valence-electron chi connectivity index (χ0n) is 27.9. The third kappa shape index (κ3) is 6.21. The number of hydrogen-bond acceptors (Lipinski definition) is 5. The largest absolute Gasteiger partial charge is 0.447 e. The molecule has 5 heteroatoms. The number of hydrogen-bond donors (Lipinski definition) is 0. The number of pyridine rings is 1. The molecule has 0 spiro atoms. The highest BCUT2D eigenvalue weighted by molar-refractivity contribution is 7.20. The summed E-state index contributed by atoms with van der Waals surface area (Å²) in [6.07, 6.45) is 6.25. The quantitative estimate of drug-likeness (QED) is 0.171. The first-order valence-electron chi connectivity index (χ1n) is 16.6. The Bertz CT molecular complexity index is 2230. The third-order valence-electron chi connectivity index (χ3n) is 9.03. The molecule has 7 aromatic rings. The van der Waals surface area contributed by atoms with Gasteiger partial charge < -0.3 is 14.5 Å². The maximum absolute atomic E-state index is 6.53. The molecule has 1 aliphatic heterocycles. The van der Waals surface area contributed by atoms with Crippen LogP contribution >= 0.6 is 11.3 Å². The van der Waals surface area contributed by atoms with Crippen molar-refractivity contribution in [2.24, 2.45) is 0 Å². The predicted molar refractivity (Wildman–Crippen MR) is 207 cm³/mol. The molecule has 5 aromatic carbocycles. The van der Waals surface area contributed by atoms with E-state index in [1.54, 1.807) is 11.3 Å². The minimum Gasteiger partial charge on any atom is -0.447 e. The highest BCUT2D eigenvalue weighted by atomic mass is 32.1. The molecule has 2 aromatic heterocycles. The highest BCUT2D eigenvalue weighted by Gasteiger charge is 2.23. The van der Waals surface area contributed by atoms with Crippen LogP contribution in [0, 0.1) is 0 Å². The lowest BCUT2D eigenvalue weighted by Gasteiger charge is -2.26. The molecule has 0 radical (unpaired) electrons. The minimum atomic E-state index is 0.0521. The van der Waals surface area contributed by atoms with E-state index in [0.29, 0.717) is 6.67 Å². The van der Waals surface area contributed by atoms with Gasteiger partial charge in [-0.15, -0.1) is 0 Å². The van der Waals surface area contributed by atoms with Crippen LogP contribution in [0.4, 0.5) is 11.4 Å². The molecule has 0 atom stereocenters. The Hall–Kier alpha value is -5.65. The molecule has 0 unspecified atom stereocenters.